The zero-order valence-electron chi connectivity index (χ0n) is 10.0. The van der Waals surface area contributed by atoms with Gasteiger partial charge in [0.25, 0.3) is 0 Å². The third kappa shape index (κ3) is 2.60. The number of thiophene rings is 1. The molecule has 0 amide bonds. The third-order valence-electron chi connectivity index (χ3n) is 2.65. The maximum Gasteiger partial charge on any atom is 0.179 e. The number of carbonyl (C=O) groups excluding carboxylic acids is 1. The summed E-state index contributed by atoms with van der Waals surface area (Å²) in [5.74, 6) is 0.118. The second-order valence-electron chi connectivity index (χ2n) is 3.86. The normalized spacial score (nSPS) is 10.9. The Bertz CT molecular complexity index is 589. The van der Waals surface area contributed by atoms with Gasteiger partial charge >= 0.3 is 0 Å². The van der Waals surface area contributed by atoms with Crippen molar-refractivity contribution in [3.8, 4) is 0 Å². The maximum absolute atomic E-state index is 12.2. The maximum atomic E-state index is 12.2. The predicted molar refractivity (Wildman–Crippen MR) is 80.4 cm³/mol. The number of ketones is 1. The van der Waals surface area contributed by atoms with Gasteiger partial charge in [-0.3, -0.25) is 9.48 Å². The van der Waals surface area contributed by atoms with Crippen LogP contribution in [0.25, 0.3) is 0 Å². The molecule has 0 fully saturated rings. The second kappa shape index (κ2) is 5.67. The minimum absolute atomic E-state index is 0.118. The predicted octanol–water partition coefficient (Wildman–Crippen LogP) is 4.22. The fraction of sp³-hybridized carbons (Fsp3) is 0.333. The van der Waals surface area contributed by atoms with Crippen molar-refractivity contribution >= 4 is 49.0 Å². The number of Topliss-reactive ketones (excluding diaryl/α,β-unsaturated/α-hetero) is 1. The summed E-state index contributed by atoms with van der Waals surface area (Å²) in [6.45, 7) is 4.72. The monoisotopic (exact) mass is 390 g/mol. The summed E-state index contributed by atoms with van der Waals surface area (Å²) >= 11 is 8.36. The van der Waals surface area contributed by atoms with Gasteiger partial charge in [0, 0.05) is 11.0 Å². The van der Waals surface area contributed by atoms with Crippen LogP contribution in [0.4, 0.5) is 0 Å². The van der Waals surface area contributed by atoms with Crippen LogP contribution in [0.3, 0.4) is 0 Å². The average molecular weight is 392 g/mol. The smallest absolute Gasteiger partial charge is 0.179 e. The van der Waals surface area contributed by atoms with Crippen LogP contribution in [0, 0.1) is 6.92 Å². The van der Waals surface area contributed by atoms with Crippen LogP contribution in [-0.2, 0) is 13.0 Å². The molecule has 2 rings (SSSR count). The van der Waals surface area contributed by atoms with Crippen molar-refractivity contribution in [1.82, 2.24) is 9.78 Å². The van der Waals surface area contributed by atoms with Gasteiger partial charge in [-0.1, -0.05) is 0 Å². The molecule has 2 aromatic heterocycles. The van der Waals surface area contributed by atoms with Gasteiger partial charge < -0.3 is 0 Å². The first-order valence-corrected chi connectivity index (χ1v) is 7.99. The Balaban J connectivity index is 2.30. The first kappa shape index (κ1) is 14.0. The number of rotatable bonds is 4. The molecule has 0 radical (unpaired) electrons. The van der Waals surface area contributed by atoms with E-state index < -0.39 is 0 Å². The van der Waals surface area contributed by atoms with Gasteiger partial charge in [-0.05, 0) is 57.2 Å². The highest BCUT2D eigenvalue weighted by atomic mass is 79.9. The molecule has 0 aliphatic carbocycles. The number of aryl methyl sites for hydroxylation is 2. The van der Waals surface area contributed by atoms with Crippen molar-refractivity contribution in [2.75, 3.05) is 0 Å². The lowest BCUT2D eigenvalue weighted by Crippen LogP contribution is -2.09. The van der Waals surface area contributed by atoms with Crippen molar-refractivity contribution in [2.45, 2.75) is 26.8 Å². The molecular weight excluding hydrogens is 380 g/mol. The number of hydrogen-bond acceptors (Lipinski definition) is 3. The molecule has 0 unspecified atom stereocenters. The number of nitrogens with zero attached hydrogens (tertiary/aromatic N) is 2. The summed E-state index contributed by atoms with van der Waals surface area (Å²) in [4.78, 5) is 13.0. The quantitative estimate of drug-likeness (QED) is 0.731. The molecule has 18 heavy (non-hydrogen) atoms. The van der Waals surface area contributed by atoms with Crippen molar-refractivity contribution < 1.29 is 4.79 Å². The lowest BCUT2D eigenvalue weighted by molar-refractivity contribution is 0.0993. The van der Waals surface area contributed by atoms with Gasteiger partial charge in [0.05, 0.1) is 27.2 Å². The van der Waals surface area contributed by atoms with Gasteiger partial charge in [0.1, 0.15) is 0 Å². The van der Waals surface area contributed by atoms with Gasteiger partial charge in [0.15, 0.2) is 5.78 Å². The SMILES string of the molecule is CCn1nc(C)c(Br)c1CC(=O)c1sccc1Br. The van der Waals surface area contributed by atoms with Crippen molar-refractivity contribution in [3.05, 3.63) is 36.7 Å². The molecule has 0 aliphatic heterocycles. The fourth-order valence-electron chi connectivity index (χ4n) is 1.76. The molecule has 96 valence electrons. The fourth-order valence-corrected chi connectivity index (χ4v) is 3.72. The topological polar surface area (TPSA) is 34.9 Å². The number of halogens is 2. The van der Waals surface area contributed by atoms with Crippen LogP contribution in [0.1, 0.15) is 28.0 Å². The van der Waals surface area contributed by atoms with Gasteiger partial charge in [-0.15, -0.1) is 11.3 Å². The molecule has 0 saturated carbocycles. The second-order valence-corrected chi connectivity index (χ2v) is 6.42. The van der Waals surface area contributed by atoms with E-state index in [1.165, 1.54) is 11.3 Å². The summed E-state index contributed by atoms with van der Waals surface area (Å²) < 4.78 is 3.68. The van der Waals surface area contributed by atoms with Gasteiger partial charge in [0.2, 0.25) is 0 Å². The van der Waals surface area contributed by atoms with Crippen LogP contribution in [0.5, 0.6) is 0 Å². The van der Waals surface area contributed by atoms with Crippen LogP contribution in [0.15, 0.2) is 20.4 Å². The molecular formula is C12H12Br2N2OS. The molecule has 3 nitrogen and oxygen atoms in total. The lowest BCUT2D eigenvalue weighted by Gasteiger charge is -2.04. The van der Waals surface area contributed by atoms with Crippen molar-refractivity contribution in [2.24, 2.45) is 0 Å². The molecule has 2 aromatic rings. The van der Waals surface area contributed by atoms with Crippen LogP contribution >= 0.6 is 43.2 Å². The largest absolute Gasteiger partial charge is 0.293 e. The minimum Gasteiger partial charge on any atom is -0.293 e. The highest BCUT2D eigenvalue weighted by Gasteiger charge is 2.18. The van der Waals surface area contributed by atoms with Crippen molar-refractivity contribution in [1.29, 1.82) is 0 Å². The first-order chi connectivity index (χ1) is 8.54. The number of carbonyl (C=O) groups is 1. The van der Waals surface area contributed by atoms with E-state index in [4.69, 9.17) is 0 Å². The molecule has 0 saturated heterocycles. The zero-order valence-corrected chi connectivity index (χ0v) is 14.0. The molecule has 2 heterocycles. The van der Waals surface area contributed by atoms with E-state index in [2.05, 4.69) is 37.0 Å². The van der Waals surface area contributed by atoms with E-state index in [1.807, 2.05) is 30.0 Å². The summed E-state index contributed by atoms with van der Waals surface area (Å²) in [5.41, 5.74) is 1.87. The zero-order chi connectivity index (χ0) is 13.3. The van der Waals surface area contributed by atoms with Gasteiger partial charge in [-0.2, -0.15) is 5.10 Å². The van der Waals surface area contributed by atoms with E-state index in [-0.39, 0.29) is 5.78 Å². The lowest BCUT2D eigenvalue weighted by atomic mass is 10.2. The molecule has 0 aliphatic rings. The van der Waals surface area contributed by atoms with E-state index in [0.29, 0.717) is 6.42 Å². The minimum atomic E-state index is 0.118. The molecule has 0 atom stereocenters. The molecule has 0 N–H and O–H groups in total. The Labute approximate surface area is 126 Å². The van der Waals surface area contributed by atoms with E-state index in [1.54, 1.807) is 0 Å². The van der Waals surface area contributed by atoms with Crippen molar-refractivity contribution in [3.63, 3.8) is 0 Å². The summed E-state index contributed by atoms with van der Waals surface area (Å²) in [6, 6.07) is 1.90. The Morgan fingerprint density at radius 1 is 1.50 bits per heavy atom. The number of aromatic nitrogens is 2. The summed E-state index contributed by atoms with van der Waals surface area (Å²) in [7, 11) is 0. The molecule has 0 aromatic carbocycles. The molecule has 6 heteroatoms. The number of hydrogen-bond donors (Lipinski definition) is 0. The van der Waals surface area contributed by atoms with Crippen LogP contribution in [-0.4, -0.2) is 15.6 Å². The average Bonchev–Trinajstić information content (AvgIpc) is 2.87. The van der Waals surface area contributed by atoms with E-state index >= 15 is 0 Å². The highest BCUT2D eigenvalue weighted by molar-refractivity contribution is 9.11. The third-order valence-corrected chi connectivity index (χ3v) is 5.56. The van der Waals surface area contributed by atoms with E-state index in [0.717, 1.165) is 31.8 Å². The Morgan fingerprint density at radius 2 is 2.22 bits per heavy atom. The Hall–Kier alpha value is -0.460. The van der Waals surface area contributed by atoms with E-state index in [9.17, 15) is 4.79 Å². The molecule has 0 bridgehead atoms. The molecule has 0 spiro atoms. The summed E-state index contributed by atoms with van der Waals surface area (Å²) in [6.07, 6.45) is 0.369. The first-order valence-electron chi connectivity index (χ1n) is 5.52. The Kier molecular flexibility index (Phi) is 4.40. The standard InChI is InChI=1S/C12H12Br2N2OS/c1-3-16-9(11(14)7(2)15-16)6-10(17)12-8(13)4-5-18-12/h4-5H,3,6H2,1-2H3. The van der Waals surface area contributed by atoms with Crippen LogP contribution in [0.2, 0.25) is 0 Å². The van der Waals surface area contributed by atoms with Gasteiger partial charge in [-0.25, -0.2) is 0 Å². The van der Waals surface area contributed by atoms with Crippen LogP contribution < -0.4 is 0 Å². The Morgan fingerprint density at radius 3 is 2.78 bits per heavy atom. The highest BCUT2D eigenvalue weighted by Crippen LogP contribution is 2.27. The summed E-state index contributed by atoms with van der Waals surface area (Å²) in [5, 5.41) is 6.31.